The molecule has 3 rings (SSSR count). The van der Waals surface area contributed by atoms with E-state index in [9.17, 15) is 9.90 Å². The van der Waals surface area contributed by atoms with Crippen LogP contribution in [0.3, 0.4) is 0 Å². The molecule has 3 atom stereocenters. The summed E-state index contributed by atoms with van der Waals surface area (Å²) in [5.41, 5.74) is 6.80. The highest BCUT2D eigenvalue weighted by molar-refractivity contribution is 8.08. The molecule has 208 valence electrons. The summed E-state index contributed by atoms with van der Waals surface area (Å²) >= 11 is 10.9. The fourth-order valence-electron chi connectivity index (χ4n) is 3.34. The van der Waals surface area contributed by atoms with E-state index in [1.807, 2.05) is 45.0 Å². The van der Waals surface area contributed by atoms with Crippen molar-refractivity contribution in [2.45, 2.75) is 59.3 Å². The Morgan fingerprint density at radius 3 is 2.34 bits per heavy atom. The van der Waals surface area contributed by atoms with E-state index in [2.05, 4.69) is 10.1 Å². The molecule has 1 aromatic heterocycles. The van der Waals surface area contributed by atoms with E-state index >= 15 is 0 Å². The number of rotatable bonds is 9. The predicted octanol–water partition coefficient (Wildman–Crippen LogP) is 5.58. The van der Waals surface area contributed by atoms with Gasteiger partial charge in [-0.3, -0.25) is 0 Å². The Labute approximate surface area is 234 Å². The van der Waals surface area contributed by atoms with Crippen LogP contribution in [-0.4, -0.2) is 45.2 Å². The molecule has 2 aromatic carbocycles. The molecule has 0 amide bonds. The van der Waals surface area contributed by atoms with Crippen LogP contribution in [0.15, 0.2) is 61.2 Å². The Morgan fingerprint density at radius 1 is 1.18 bits per heavy atom. The van der Waals surface area contributed by atoms with Gasteiger partial charge in [0.25, 0.3) is 0 Å². The van der Waals surface area contributed by atoms with Crippen LogP contribution in [0.1, 0.15) is 56.6 Å². The van der Waals surface area contributed by atoms with Crippen molar-refractivity contribution in [1.82, 2.24) is 14.8 Å². The number of hydrogen-bond acceptors (Lipinski definition) is 8. The third-order valence-corrected chi connectivity index (χ3v) is 7.20. The lowest BCUT2D eigenvalue weighted by atomic mass is 9.82. The highest BCUT2D eigenvalue weighted by Gasteiger charge is 2.32. The fourth-order valence-corrected chi connectivity index (χ4v) is 4.22. The molecule has 1 heterocycles. The number of hydrogen-bond donors (Lipinski definition) is 2. The molecule has 0 aliphatic rings. The first-order valence-electron chi connectivity index (χ1n) is 11.9. The largest absolute Gasteiger partial charge is 0.459 e. The monoisotopic (exact) mass is 582 g/mol. The van der Waals surface area contributed by atoms with Crippen molar-refractivity contribution in [3.8, 4) is 5.75 Å². The summed E-state index contributed by atoms with van der Waals surface area (Å²) in [4.78, 5) is 15.8. The van der Waals surface area contributed by atoms with Crippen molar-refractivity contribution in [3.63, 3.8) is 0 Å². The summed E-state index contributed by atoms with van der Waals surface area (Å²) in [7, 11) is 1.37. The Bertz CT molecular complexity index is 1200. The van der Waals surface area contributed by atoms with Crippen LogP contribution in [-0.2, 0) is 27.5 Å². The quantitative estimate of drug-likeness (QED) is 0.246. The van der Waals surface area contributed by atoms with Gasteiger partial charge in [-0.1, -0.05) is 56.6 Å². The van der Waals surface area contributed by atoms with E-state index in [4.69, 9.17) is 42.7 Å². The second kappa shape index (κ2) is 14.2. The Hall–Kier alpha value is -2.33. The molecule has 0 fully saturated rings. The lowest BCUT2D eigenvalue weighted by molar-refractivity contribution is 0.0124. The number of aromatic nitrogens is 3. The van der Waals surface area contributed by atoms with E-state index in [1.165, 1.54) is 13.4 Å². The normalized spacial score (nSPS) is 14.6. The molecule has 0 aliphatic heterocycles. The molecule has 0 aliphatic carbocycles. The highest BCUT2D eigenvalue weighted by atomic mass is 35.5. The third-order valence-electron chi connectivity index (χ3n) is 5.32. The first-order valence-corrected chi connectivity index (χ1v) is 15.0. The van der Waals surface area contributed by atoms with Crippen molar-refractivity contribution in [3.05, 3.63) is 77.3 Å². The van der Waals surface area contributed by atoms with Crippen molar-refractivity contribution in [1.29, 1.82) is 0 Å². The van der Waals surface area contributed by atoms with E-state index < -0.39 is 18.7 Å². The molecule has 9 nitrogen and oxygen atoms in total. The second-order valence-electron chi connectivity index (χ2n) is 9.85. The van der Waals surface area contributed by atoms with E-state index in [0.717, 1.165) is 5.56 Å². The van der Waals surface area contributed by atoms with Gasteiger partial charge in [0, 0.05) is 12.1 Å². The number of esters is 1. The van der Waals surface area contributed by atoms with Gasteiger partial charge in [-0.2, -0.15) is 5.10 Å². The minimum atomic E-state index is -2.87. The van der Waals surface area contributed by atoms with Crippen LogP contribution >= 0.6 is 18.2 Å². The van der Waals surface area contributed by atoms with Gasteiger partial charge in [-0.05, 0) is 67.3 Å². The summed E-state index contributed by atoms with van der Waals surface area (Å²) in [5, 5.41) is 15.5. The number of benzene rings is 2. The lowest BCUT2D eigenvalue weighted by Gasteiger charge is -2.33. The minimum Gasteiger partial charge on any atom is -0.459 e. The Kier molecular flexibility index (Phi) is 11.9. The molecule has 3 aromatic rings. The Morgan fingerprint density at radius 2 is 1.82 bits per heavy atom. The van der Waals surface area contributed by atoms with Crippen molar-refractivity contribution in [2.24, 2.45) is 10.9 Å². The summed E-state index contributed by atoms with van der Waals surface area (Å²) < 4.78 is 17.1. The van der Waals surface area contributed by atoms with Gasteiger partial charge < -0.3 is 18.9 Å². The number of halogens is 1. The number of nitrogens with zero attached hydrogens (tertiary/aromatic N) is 3. The van der Waals surface area contributed by atoms with E-state index in [0.29, 0.717) is 11.4 Å². The van der Waals surface area contributed by atoms with Crippen LogP contribution in [0, 0.1) is 5.41 Å². The van der Waals surface area contributed by atoms with Crippen molar-refractivity contribution < 1.29 is 23.7 Å². The minimum absolute atomic E-state index is 0.154. The molecule has 38 heavy (non-hydrogen) atoms. The number of carbonyl (C=O) groups is 1. The average Bonchev–Trinajstić information content (AvgIpc) is 3.37. The number of aliphatic hydroxyl groups is 1. The van der Waals surface area contributed by atoms with Gasteiger partial charge in [-0.25, -0.2) is 20.0 Å². The molecule has 1 unspecified atom stereocenters. The molecule has 12 heteroatoms. The van der Waals surface area contributed by atoms with Gasteiger partial charge in [0.05, 0.1) is 18.2 Å². The zero-order chi connectivity index (χ0) is 28.5. The van der Waals surface area contributed by atoms with Crippen molar-refractivity contribution in [2.75, 3.05) is 7.11 Å². The van der Waals surface area contributed by atoms with Crippen LogP contribution in [0.5, 0.6) is 5.75 Å². The van der Waals surface area contributed by atoms with E-state index in [1.54, 1.807) is 49.1 Å². The zero-order valence-corrected chi connectivity index (χ0v) is 24.9. The van der Waals surface area contributed by atoms with Crippen molar-refractivity contribution >= 4 is 36.0 Å². The maximum Gasteiger partial charge on any atom is 0.342 e. The first kappa shape index (κ1) is 31.9. The molecule has 0 saturated heterocycles. The summed E-state index contributed by atoms with van der Waals surface area (Å²) in [6, 6.07) is 14.1. The van der Waals surface area contributed by atoms with Gasteiger partial charge in [0.1, 0.15) is 24.0 Å². The fraction of sp³-hybridized carbons (Fsp3) is 0.423. The molecular formula is C26H36ClN4O5PS. The van der Waals surface area contributed by atoms with Crippen LogP contribution in [0.4, 0.5) is 0 Å². The highest BCUT2D eigenvalue weighted by Crippen LogP contribution is 2.40. The molecule has 3 N–H and O–H groups in total. The molecule has 0 bridgehead atoms. The van der Waals surface area contributed by atoms with Gasteiger partial charge in [0.15, 0.2) is 0 Å². The predicted molar refractivity (Wildman–Crippen MR) is 153 cm³/mol. The molecule has 0 radical (unpaired) electrons. The lowest BCUT2D eigenvalue weighted by Crippen LogP contribution is -2.37. The SMILES string of the molecule is CC(C)(C)[C@H](O)[C@H](Cc1ccc(Cl)cc1)n1cncn1.COP(N)(=S)Oc1ccccc1C(=O)OC(C)C. The summed E-state index contributed by atoms with van der Waals surface area (Å²) in [6.07, 6.45) is 3.08. The number of carbonyl (C=O) groups excluding carboxylic acids is 1. The maximum absolute atomic E-state index is 11.8. The number of para-hydroxylation sites is 1. The molecule has 0 spiro atoms. The maximum atomic E-state index is 11.8. The average molecular weight is 583 g/mol. The van der Waals surface area contributed by atoms with Gasteiger partial charge >= 0.3 is 12.6 Å². The van der Waals surface area contributed by atoms with Crippen LogP contribution in [0.2, 0.25) is 5.02 Å². The molecule has 0 saturated carbocycles. The second-order valence-corrected chi connectivity index (χ2v) is 13.4. The summed E-state index contributed by atoms with van der Waals surface area (Å²) in [6.45, 7) is 6.72. The van der Waals surface area contributed by atoms with E-state index in [-0.39, 0.29) is 28.9 Å². The standard InChI is InChI=1S/C15H20ClN3O.C11H16NO4PS/c1-15(2,3)14(20)13(19-10-17-9-18-19)8-11-4-6-12(16)7-5-11;1-8(2)15-11(13)9-6-4-5-7-10(9)16-17(12,18)14-3/h4-7,9-10,13-14,20H,8H2,1-3H3;4-8H,1-3H3,(H2,12,18)/t13-,14+;/m0./s1. The van der Waals surface area contributed by atoms with Crippen LogP contribution < -0.4 is 10.0 Å². The van der Waals surface area contributed by atoms with Crippen LogP contribution in [0.25, 0.3) is 0 Å². The topological polar surface area (TPSA) is 122 Å². The Balaban J connectivity index is 0.000000269. The summed E-state index contributed by atoms with van der Waals surface area (Å²) in [5.74, 6) is -0.206. The zero-order valence-electron chi connectivity index (χ0n) is 22.4. The first-order chi connectivity index (χ1) is 17.7. The number of ether oxygens (including phenoxy) is 1. The third kappa shape index (κ3) is 10.1. The molecular weight excluding hydrogens is 547 g/mol. The van der Waals surface area contributed by atoms with Gasteiger partial charge in [0.2, 0.25) is 0 Å². The van der Waals surface area contributed by atoms with Gasteiger partial charge in [-0.15, -0.1) is 0 Å². The number of nitrogens with two attached hydrogens (primary N) is 1. The number of aliphatic hydroxyl groups excluding tert-OH is 1. The smallest absolute Gasteiger partial charge is 0.342 e.